The zero-order valence-electron chi connectivity index (χ0n) is 21.3. The standard InChI is InChI=1S/C28H39N5O3/c1-36-25-11-5-9-22(15-25)19-32(18-21-7-3-2-4-8-21)24-16-26(27(34)31-14-12-29)33(20-24)28(35)23-10-6-13-30-17-23/h5-6,9-11,13,15,17,21,24,26H,2-4,7-8,12,14,16,18-20,29H2,1H3,(H,31,34). The number of rotatable bonds is 10. The van der Waals surface area contributed by atoms with Crippen molar-refractivity contribution < 1.29 is 14.3 Å². The third-order valence-corrected chi connectivity index (χ3v) is 7.45. The first kappa shape index (κ1) is 26.1. The molecule has 0 spiro atoms. The van der Waals surface area contributed by atoms with Crippen molar-refractivity contribution >= 4 is 11.8 Å². The molecule has 0 radical (unpaired) electrons. The van der Waals surface area contributed by atoms with E-state index in [1.165, 1.54) is 37.7 Å². The average molecular weight is 494 g/mol. The number of carbonyl (C=O) groups excluding carboxylic acids is 2. The second-order valence-corrected chi connectivity index (χ2v) is 9.97. The molecule has 1 saturated carbocycles. The fourth-order valence-corrected chi connectivity index (χ4v) is 5.57. The van der Waals surface area contributed by atoms with Crippen molar-refractivity contribution in [1.82, 2.24) is 20.1 Å². The van der Waals surface area contributed by atoms with Crippen LogP contribution in [0.15, 0.2) is 48.8 Å². The van der Waals surface area contributed by atoms with E-state index in [1.807, 2.05) is 12.1 Å². The van der Waals surface area contributed by atoms with Gasteiger partial charge in [0.05, 0.1) is 12.7 Å². The van der Waals surface area contributed by atoms with Gasteiger partial charge in [0.25, 0.3) is 5.91 Å². The van der Waals surface area contributed by atoms with Gasteiger partial charge in [-0.1, -0.05) is 31.4 Å². The number of nitrogens with two attached hydrogens (primary N) is 1. The number of amides is 2. The van der Waals surface area contributed by atoms with Crippen molar-refractivity contribution in [2.24, 2.45) is 11.7 Å². The van der Waals surface area contributed by atoms with Gasteiger partial charge in [-0.05, 0) is 55.0 Å². The molecular formula is C28H39N5O3. The van der Waals surface area contributed by atoms with Gasteiger partial charge in [-0.25, -0.2) is 0 Å². The highest BCUT2D eigenvalue weighted by Crippen LogP contribution is 2.30. The SMILES string of the molecule is COc1cccc(CN(CC2CCCCC2)C2CC(C(=O)NCCN)N(C(=O)c3cccnc3)C2)c1. The third kappa shape index (κ3) is 6.62. The van der Waals surface area contributed by atoms with E-state index in [0.717, 1.165) is 18.8 Å². The molecule has 4 rings (SSSR count). The van der Waals surface area contributed by atoms with E-state index in [2.05, 4.69) is 27.3 Å². The second-order valence-electron chi connectivity index (χ2n) is 9.97. The molecule has 1 aliphatic carbocycles. The normalized spacial score (nSPS) is 20.5. The number of pyridine rings is 1. The molecule has 1 aromatic heterocycles. The molecule has 3 N–H and O–H groups in total. The highest BCUT2D eigenvalue weighted by molar-refractivity contribution is 5.97. The molecule has 2 unspecified atom stereocenters. The number of benzene rings is 1. The molecule has 1 saturated heterocycles. The quantitative estimate of drug-likeness (QED) is 0.528. The molecule has 0 bridgehead atoms. The van der Waals surface area contributed by atoms with Gasteiger partial charge in [0.1, 0.15) is 11.8 Å². The fraction of sp³-hybridized carbons (Fsp3) is 0.536. The van der Waals surface area contributed by atoms with Crippen LogP contribution in [0.4, 0.5) is 0 Å². The first-order chi connectivity index (χ1) is 17.6. The Balaban J connectivity index is 1.58. The number of methoxy groups -OCH3 is 1. The Morgan fingerprint density at radius 3 is 2.75 bits per heavy atom. The number of hydrogen-bond acceptors (Lipinski definition) is 6. The van der Waals surface area contributed by atoms with Crippen LogP contribution in [0.25, 0.3) is 0 Å². The van der Waals surface area contributed by atoms with Crippen LogP contribution in [0.3, 0.4) is 0 Å². The minimum absolute atomic E-state index is 0.0763. The lowest BCUT2D eigenvalue weighted by molar-refractivity contribution is -0.124. The minimum Gasteiger partial charge on any atom is -0.497 e. The molecule has 8 nitrogen and oxygen atoms in total. The van der Waals surface area contributed by atoms with Crippen LogP contribution < -0.4 is 15.8 Å². The summed E-state index contributed by atoms with van der Waals surface area (Å²) in [6.45, 7) is 2.98. The van der Waals surface area contributed by atoms with E-state index in [-0.39, 0.29) is 17.9 Å². The lowest BCUT2D eigenvalue weighted by Gasteiger charge is -2.34. The van der Waals surface area contributed by atoms with E-state index in [0.29, 0.717) is 37.5 Å². The summed E-state index contributed by atoms with van der Waals surface area (Å²) in [5.74, 6) is 1.18. The van der Waals surface area contributed by atoms with E-state index < -0.39 is 6.04 Å². The zero-order chi connectivity index (χ0) is 25.3. The molecule has 8 heteroatoms. The van der Waals surface area contributed by atoms with Crippen molar-refractivity contribution in [2.75, 3.05) is 33.3 Å². The number of nitrogens with zero attached hydrogens (tertiary/aromatic N) is 3. The van der Waals surface area contributed by atoms with E-state index in [4.69, 9.17) is 10.5 Å². The molecule has 1 aromatic carbocycles. The topological polar surface area (TPSA) is 101 Å². The smallest absolute Gasteiger partial charge is 0.256 e. The minimum atomic E-state index is -0.534. The molecule has 1 aliphatic heterocycles. The predicted molar refractivity (Wildman–Crippen MR) is 140 cm³/mol. The van der Waals surface area contributed by atoms with Crippen molar-refractivity contribution in [2.45, 2.75) is 57.2 Å². The second kappa shape index (κ2) is 12.8. The lowest BCUT2D eigenvalue weighted by Crippen LogP contribution is -2.47. The first-order valence-corrected chi connectivity index (χ1v) is 13.1. The number of likely N-dealkylation sites (tertiary alicyclic amines) is 1. The summed E-state index contributed by atoms with van der Waals surface area (Å²) < 4.78 is 5.45. The van der Waals surface area contributed by atoms with Gasteiger partial charge in [-0.15, -0.1) is 0 Å². The van der Waals surface area contributed by atoms with Gasteiger partial charge >= 0.3 is 0 Å². The van der Waals surface area contributed by atoms with Gasteiger partial charge in [0.2, 0.25) is 5.91 Å². The molecular weight excluding hydrogens is 454 g/mol. The number of carbonyl (C=O) groups is 2. The molecule has 2 atom stereocenters. The van der Waals surface area contributed by atoms with Crippen molar-refractivity contribution in [3.63, 3.8) is 0 Å². The van der Waals surface area contributed by atoms with Crippen LogP contribution >= 0.6 is 0 Å². The zero-order valence-corrected chi connectivity index (χ0v) is 21.3. The molecule has 2 fully saturated rings. The number of aromatic nitrogens is 1. The van der Waals surface area contributed by atoms with Crippen LogP contribution in [0.5, 0.6) is 5.75 Å². The Bertz CT molecular complexity index is 996. The van der Waals surface area contributed by atoms with Crippen molar-refractivity contribution in [1.29, 1.82) is 0 Å². The highest BCUT2D eigenvalue weighted by atomic mass is 16.5. The van der Waals surface area contributed by atoms with E-state index in [9.17, 15) is 9.59 Å². The van der Waals surface area contributed by atoms with Gasteiger partial charge in [-0.3, -0.25) is 19.5 Å². The number of nitrogens with one attached hydrogen (secondary N) is 1. The Labute approximate surface area is 214 Å². The molecule has 194 valence electrons. The summed E-state index contributed by atoms with van der Waals surface area (Å²) in [6, 6.07) is 11.2. The maximum atomic E-state index is 13.5. The number of hydrogen-bond donors (Lipinski definition) is 2. The predicted octanol–water partition coefficient (Wildman–Crippen LogP) is 2.83. The molecule has 36 heavy (non-hydrogen) atoms. The fourth-order valence-electron chi connectivity index (χ4n) is 5.57. The van der Waals surface area contributed by atoms with Crippen LogP contribution in [0, 0.1) is 5.92 Å². The van der Waals surface area contributed by atoms with Gasteiger partial charge < -0.3 is 20.7 Å². The van der Waals surface area contributed by atoms with Crippen LogP contribution in [-0.2, 0) is 11.3 Å². The third-order valence-electron chi connectivity index (χ3n) is 7.45. The van der Waals surface area contributed by atoms with Crippen LogP contribution in [0.1, 0.15) is 54.4 Å². The maximum Gasteiger partial charge on any atom is 0.256 e. The Kier molecular flexibility index (Phi) is 9.30. The Morgan fingerprint density at radius 1 is 1.19 bits per heavy atom. The Morgan fingerprint density at radius 2 is 2.03 bits per heavy atom. The van der Waals surface area contributed by atoms with Crippen LogP contribution in [-0.4, -0.2) is 72.0 Å². The summed E-state index contributed by atoms with van der Waals surface area (Å²) in [5.41, 5.74) is 7.30. The lowest BCUT2D eigenvalue weighted by atomic mass is 9.88. The summed E-state index contributed by atoms with van der Waals surface area (Å²) in [6.07, 6.45) is 10.2. The number of ether oxygens (including phenoxy) is 1. The highest BCUT2D eigenvalue weighted by Gasteiger charge is 2.42. The van der Waals surface area contributed by atoms with Crippen molar-refractivity contribution in [3.8, 4) is 5.75 Å². The van der Waals surface area contributed by atoms with Gasteiger partial charge in [0.15, 0.2) is 0 Å². The first-order valence-electron chi connectivity index (χ1n) is 13.1. The molecule has 2 aliphatic rings. The van der Waals surface area contributed by atoms with Crippen LogP contribution in [0.2, 0.25) is 0 Å². The maximum absolute atomic E-state index is 13.5. The van der Waals surface area contributed by atoms with Crippen molar-refractivity contribution in [3.05, 3.63) is 59.9 Å². The monoisotopic (exact) mass is 493 g/mol. The van der Waals surface area contributed by atoms with Gasteiger partial charge in [-0.2, -0.15) is 0 Å². The summed E-state index contributed by atoms with van der Waals surface area (Å²) in [5, 5.41) is 2.91. The molecule has 2 aromatic rings. The Hall–Kier alpha value is -2.97. The van der Waals surface area contributed by atoms with Gasteiger partial charge in [0, 0.05) is 51.2 Å². The summed E-state index contributed by atoms with van der Waals surface area (Å²) in [4.78, 5) is 35.0. The summed E-state index contributed by atoms with van der Waals surface area (Å²) >= 11 is 0. The average Bonchev–Trinajstić information content (AvgIpc) is 3.38. The van der Waals surface area contributed by atoms with E-state index >= 15 is 0 Å². The van der Waals surface area contributed by atoms with E-state index in [1.54, 1.807) is 36.5 Å². The largest absolute Gasteiger partial charge is 0.497 e. The molecule has 2 amide bonds. The molecule has 2 heterocycles. The summed E-state index contributed by atoms with van der Waals surface area (Å²) in [7, 11) is 1.68.